The van der Waals surface area contributed by atoms with Crippen LogP contribution in [-0.2, 0) is 4.79 Å². The highest BCUT2D eigenvalue weighted by Crippen LogP contribution is 2.54. The van der Waals surface area contributed by atoms with Crippen LogP contribution in [0.15, 0.2) is 0 Å². The molecular formula is C14H24N2O. The lowest BCUT2D eigenvalue weighted by Gasteiger charge is -2.31. The van der Waals surface area contributed by atoms with Crippen molar-refractivity contribution in [3.63, 3.8) is 0 Å². The largest absolute Gasteiger partial charge is 0.338 e. The molecule has 0 aromatic carbocycles. The second kappa shape index (κ2) is 4.60. The van der Waals surface area contributed by atoms with Crippen molar-refractivity contribution in [1.82, 2.24) is 4.90 Å². The van der Waals surface area contributed by atoms with Crippen LogP contribution in [0, 0.1) is 17.8 Å². The van der Waals surface area contributed by atoms with E-state index in [1.165, 1.54) is 25.7 Å². The summed E-state index contributed by atoms with van der Waals surface area (Å²) in [5.41, 5.74) is 5.84. The number of likely N-dealkylation sites (tertiary alicyclic amines) is 1. The van der Waals surface area contributed by atoms with E-state index in [0.717, 1.165) is 37.6 Å². The van der Waals surface area contributed by atoms with Crippen LogP contribution in [0.2, 0.25) is 0 Å². The van der Waals surface area contributed by atoms with Gasteiger partial charge >= 0.3 is 0 Å². The van der Waals surface area contributed by atoms with Crippen molar-refractivity contribution >= 4 is 5.91 Å². The SMILES string of the molecule is NCC1CCCCCN1C(=O)C1CC2CC2C1. The Hall–Kier alpha value is -0.570. The molecule has 3 heteroatoms. The number of carbonyl (C=O) groups is 1. The maximum absolute atomic E-state index is 12.6. The fourth-order valence-corrected chi connectivity index (χ4v) is 3.86. The van der Waals surface area contributed by atoms with E-state index in [1.54, 1.807) is 0 Å². The quantitative estimate of drug-likeness (QED) is 0.794. The third-order valence-electron chi connectivity index (χ3n) is 5.03. The molecule has 3 unspecified atom stereocenters. The number of hydrogen-bond acceptors (Lipinski definition) is 2. The molecule has 17 heavy (non-hydrogen) atoms. The summed E-state index contributed by atoms with van der Waals surface area (Å²) in [7, 11) is 0. The van der Waals surface area contributed by atoms with Gasteiger partial charge in [0.05, 0.1) is 0 Å². The van der Waals surface area contributed by atoms with Gasteiger partial charge in [-0.25, -0.2) is 0 Å². The fourth-order valence-electron chi connectivity index (χ4n) is 3.86. The molecule has 1 saturated heterocycles. The van der Waals surface area contributed by atoms with Crippen molar-refractivity contribution < 1.29 is 4.79 Å². The van der Waals surface area contributed by atoms with Gasteiger partial charge in [-0.05, 0) is 43.9 Å². The van der Waals surface area contributed by atoms with Crippen molar-refractivity contribution in [3.05, 3.63) is 0 Å². The Morgan fingerprint density at radius 2 is 1.88 bits per heavy atom. The van der Waals surface area contributed by atoms with Crippen LogP contribution in [0.25, 0.3) is 0 Å². The maximum Gasteiger partial charge on any atom is 0.225 e. The zero-order valence-corrected chi connectivity index (χ0v) is 10.6. The fraction of sp³-hybridized carbons (Fsp3) is 0.929. The Bertz CT molecular complexity index is 295. The summed E-state index contributed by atoms with van der Waals surface area (Å²) in [4.78, 5) is 14.7. The summed E-state index contributed by atoms with van der Waals surface area (Å²) in [6, 6.07) is 0.321. The first-order chi connectivity index (χ1) is 8.29. The van der Waals surface area contributed by atoms with Gasteiger partial charge in [0.1, 0.15) is 0 Å². The Kier molecular flexibility index (Phi) is 3.12. The van der Waals surface area contributed by atoms with E-state index in [0.29, 0.717) is 24.4 Å². The molecule has 3 atom stereocenters. The molecule has 96 valence electrons. The van der Waals surface area contributed by atoms with Gasteiger partial charge in [-0.1, -0.05) is 12.8 Å². The van der Waals surface area contributed by atoms with Gasteiger partial charge in [-0.15, -0.1) is 0 Å². The number of fused-ring (bicyclic) bond motifs is 1. The van der Waals surface area contributed by atoms with E-state index in [-0.39, 0.29) is 0 Å². The standard InChI is InChI=1S/C14H24N2O/c15-9-13-4-2-1-3-5-16(13)14(17)12-7-10-6-11(10)8-12/h10-13H,1-9,15H2. The first kappa shape index (κ1) is 11.5. The van der Waals surface area contributed by atoms with Gasteiger partial charge in [0.25, 0.3) is 0 Å². The van der Waals surface area contributed by atoms with Crippen molar-refractivity contribution in [1.29, 1.82) is 0 Å². The van der Waals surface area contributed by atoms with Gasteiger partial charge in [-0.3, -0.25) is 4.79 Å². The molecule has 3 fully saturated rings. The Morgan fingerprint density at radius 1 is 1.12 bits per heavy atom. The smallest absolute Gasteiger partial charge is 0.225 e. The van der Waals surface area contributed by atoms with Crippen molar-refractivity contribution in [2.24, 2.45) is 23.5 Å². The number of amides is 1. The van der Waals surface area contributed by atoms with Crippen LogP contribution in [0.3, 0.4) is 0 Å². The molecule has 2 aliphatic carbocycles. The molecule has 1 amide bonds. The topological polar surface area (TPSA) is 46.3 Å². The number of carbonyl (C=O) groups excluding carboxylic acids is 1. The lowest BCUT2D eigenvalue weighted by Crippen LogP contribution is -2.46. The molecule has 0 spiro atoms. The molecule has 0 radical (unpaired) electrons. The summed E-state index contributed by atoms with van der Waals surface area (Å²) in [6.07, 6.45) is 8.50. The highest BCUT2D eigenvalue weighted by atomic mass is 16.2. The van der Waals surface area contributed by atoms with Crippen LogP contribution >= 0.6 is 0 Å². The monoisotopic (exact) mass is 236 g/mol. The molecule has 0 aromatic heterocycles. The number of nitrogens with zero attached hydrogens (tertiary/aromatic N) is 1. The van der Waals surface area contributed by atoms with Crippen molar-refractivity contribution in [2.45, 2.75) is 51.0 Å². The molecule has 2 N–H and O–H groups in total. The predicted octanol–water partition coefficient (Wildman–Crippen LogP) is 1.76. The highest BCUT2D eigenvalue weighted by Gasteiger charge is 2.49. The minimum atomic E-state index is 0.321. The molecule has 0 bridgehead atoms. The maximum atomic E-state index is 12.6. The van der Waals surface area contributed by atoms with Crippen LogP contribution in [0.4, 0.5) is 0 Å². The molecule has 3 nitrogen and oxygen atoms in total. The Balaban J connectivity index is 1.65. The summed E-state index contributed by atoms with van der Waals surface area (Å²) >= 11 is 0. The zero-order chi connectivity index (χ0) is 11.8. The highest BCUT2D eigenvalue weighted by molar-refractivity contribution is 5.79. The van der Waals surface area contributed by atoms with Gasteiger partial charge in [-0.2, -0.15) is 0 Å². The summed E-state index contributed by atoms with van der Waals surface area (Å²) in [5.74, 6) is 2.56. The van der Waals surface area contributed by atoms with Gasteiger partial charge in [0.2, 0.25) is 5.91 Å². The van der Waals surface area contributed by atoms with Gasteiger partial charge < -0.3 is 10.6 Å². The van der Waals surface area contributed by atoms with Crippen LogP contribution in [0.1, 0.15) is 44.9 Å². The van der Waals surface area contributed by atoms with E-state index in [4.69, 9.17) is 5.73 Å². The van der Waals surface area contributed by atoms with Gasteiger partial charge in [0.15, 0.2) is 0 Å². The number of nitrogens with two attached hydrogens (primary N) is 1. The summed E-state index contributed by atoms with van der Waals surface area (Å²) < 4.78 is 0. The predicted molar refractivity (Wildman–Crippen MR) is 67.3 cm³/mol. The average molecular weight is 236 g/mol. The molecule has 2 saturated carbocycles. The molecule has 1 aliphatic heterocycles. The minimum Gasteiger partial charge on any atom is -0.338 e. The molecular weight excluding hydrogens is 212 g/mol. The van der Waals surface area contributed by atoms with E-state index in [1.807, 2.05) is 0 Å². The molecule has 3 rings (SSSR count). The van der Waals surface area contributed by atoms with E-state index < -0.39 is 0 Å². The Morgan fingerprint density at radius 3 is 2.59 bits per heavy atom. The second-order valence-electron chi connectivity index (χ2n) is 6.19. The molecule has 0 aromatic rings. The number of rotatable bonds is 2. The van der Waals surface area contributed by atoms with Crippen LogP contribution in [-0.4, -0.2) is 29.9 Å². The minimum absolute atomic E-state index is 0.321. The average Bonchev–Trinajstić information content (AvgIpc) is 3.04. The first-order valence-corrected chi connectivity index (χ1v) is 7.30. The van der Waals surface area contributed by atoms with E-state index in [2.05, 4.69) is 4.90 Å². The summed E-state index contributed by atoms with van der Waals surface area (Å²) in [6.45, 7) is 1.60. The van der Waals surface area contributed by atoms with Gasteiger partial charge in [0, 0.05) is 25.0 Å². The van der Waals surface area contributed by atoms with Crippen molar-refractivity contribution in [3.8, 4) is 0 Å². The lowest BCUT2D eigenvalue weighted by atomic mass is 10.0. The normalized spacial score (nSPS) is 40.9. The van der Waals surface area contributed by atoms with E-state index >= 15 is 0 Å². The summed E-state index contributed by atoms with van der Waals surface area (Å²) in [5, 5.41) is 0. The molecule has 1 heterocycles. The van der Waals surface area contributed by atoms with Crippen molar-refractivity contribution in [2.75, 3.05) is 13.1 Å². The third-order valence-corrected chi connectivity index (χ3v) is 5.03. The zero-order valence-electron chi connectivity index (χ0n) is 10.6. The van der Waals surface area contributed by atoms with Crippen LogP contribution in [0.5, 0.6) is 0 Å². The first-order valence-electron chi connectivity index (χ1n) is 7.30. The number of hydrogen-bond donors (Lipinski definition) is 1. The van der Waals surface area contributed by atoms with Crippen LogP contribution < -0.4 is 5.73 Å². The van der Waals surface area contributed by atoms with E-state index in [9.17, 15) is 4.79 Å². The third kappa shape index (κ3) is 2.22. The second-order valence-corrected chi connectivity index (χ2v) is 6.19. The lowest BCUT2D eigenvalue weighted by molar-refractivity contribution is -0.137. The Labute approximate surface area is 104 Å². The molecule has 3 aliphatic rings.